The van der Waals surface area contributed by atoms with E-state index < -0.39 is 17.6 Å². The summed E-state index contributed by atoms with van der Waals surface area (Å²) in [6.07, 6.45) is -3.92. The molecule has 130 valence electrons. The molecule has 1 N–H and O–H groups in total. The molecule has 0 spiro atoms. The molecule has 1 heterocycles. The van der Waals surface area contributed by atoms with E-state index in [1.807, 2.05) is 13.8 Å². The van der Waals surface area contributed by atoms with Crippen molar-refractivity contribution >= 4 is 11.6 Å². The Morgan fingerprint density at radius 3 is 2.54 bits per heavy atom. The Hall–Kier alpha value is -2.31. The first-order chi connectivity index (χ1) is 11.2. The van der Waals surface area contributed by atoms with Crippen LogP contribution in [0.2, 0.25) is 0 Å². The topological polar surface area (TPSA) is 46.9 Å². The summed E-state index contributed by atoms with van der Waals surface area (Å²) in [6, 6.07) is 5.11. The van der Waals surface area contributed by atoms with Crippen molar-refractivity contribution in [2.75, 3.05) is 5.32 Å². The van der Waals surface area contributed by atoms with Crippen molar-refractivity contribution in [3.63, 3.8) is 0 Å². The highest BCUT2D eigenvalue weighted by molar-refractivity contribution is 5.93. The minimum absolute atomic E-state index is 0.0428. The second kappa shape index (κ2) is 7.07. The Morgan fingerprint density at radius 1 is 1.25 bits per heavy atom. The number of hydrogen-bond donors (Lipinski definition) is 1. The van der Waals surface area contributed by atoms with Crippen LogP contribution in [0.1, 0.15) is 35.9 Å². The molecule has 4 nitrogen and oxygen atoms in total. The van der Waals surface area contributed by atoms with Crippen LogP contribution in [0.25, 0.3) is 0 Å². The summed E-state index contributed by atoms with van der Waals surface area (Å²) >= 11 is 0. The van der Waals surface area contributed by atoms with Crippen LogP contribution in [0.4, 0.5) is 18.9 Å². The van der Waals surface area contributed by atoms with E-state index in [2.05, 4.69) is 10.4 Å². The molecule has 0 aliphatic heterocycles. The van der Waals surface area contributed by atoms with Gasteiger partial charge in [0.2, 0.25) is 5.91 Å². The average Bonchev–Trinajstić information content (AvgIpc) is 2.75. The fourth-order valence-corrected chi connectivity index (χ4v) is 2.61. The van der Waals surface area contributed by atoms with Gasteiger partial charge in [-0.05, 0) is 31.9 Å². The fourth-order valence-electron chi connectivity index (χ4n) is 2.61. The van der Waals surface area contributed by atoms with E-state index in [-0.39, 0.29) is 12.0 Å². The maximum absolute atomic E-state index is 13.0. The van der Waals surface area contributed by atoms with Gasteiger partial charge in [-0.25, -0.2) is 0 Å². The van der Waals surface area contributed by atoms with Crippen molar-refractivity contribution < 1.29 is 18.0 Å². The molecule has 0 aliphatic rings. The van der Waals surface area contributed by atoms with Crippen LogP contribution < -0.4 is 5.32 Å². The van der Waals surface area contributed by atoms with Crippen molar-refractivity contribution in [1.82, 2.24) is 9.78 Å². The van der Waals surface area contributed by atoms with E-state index in [1.165, 1.54) is 18.2 Å². The largest absolute Gasteiger partial charge is 0.416 e. The first-order valence-electron chi connectivity index (χ1n) is 7.73. The molecular formula is C17H20F3N3O. The molecule has 0 saturated heterocycles. The summed E-state index contributed by atoms with van der Waals surface area (Å²) in [7, 11) is 0. The molecule has 1 aromatic heterocycles. The number of aromatic nitrogens is 2. The highest BCUT2D eigenvalue weighted by atomic mass is 19.4. The summed E-state index contributed by atoms with van der Waals surface area (Å²) in [4.78, 5) is 12.2. The number of alkyl halides is 3. The quantitative estimate of drug-likeness (QED) is 0.891. The normalized spacial score (nSPS) is 11.6. The predicted molar refractivity (Wildman–Crippen MR) is 85.8 cm³/mol. The number of aryl methyl sites for hydroxylation is 2. The third-order valence-corrected chi connectivity index (χ3v) is 3.76. The number of benzene rings is 1. The van der Waals surface area contributed by atoms with Crippen LogP contribution in [0.15, 0.2) is 24.3 Å². The lowest BCUT2D eigenvalue weighted by Crippen LogP contribution is -2.18. The van der Waals surface area contributed by atoms with Gasteiger partial charge in [-0.15, -0.1) is 0 Å². The molecular weight excluding hydrogens is 319 g/mol. The average molecular weight is 339 g/mol. The lowest BCUT2D eigenvalue weighted by molar-refractivity contribution is -0.138. The number of halogens is 3. The zero-order valence-corrected chi connectivity index (χ0v) is 13.9. The molecule has 7 heteroatoms. The van der Waals surface area contributed by atoms with Gasteiger partial charge in [0.25, 0.3) is 0 Å². The molecule has 1 amide bonds. The van der Waals surface area contributed by atoms with Crippen molar-refractivity contribution in [3.8, 4) is 0 Å². The van der Waals surface area contributed by atoms with Crippen LogP contribution >= 0.6 is 0 Å². The summed E-state index contributed by atoms with van der Waals surface area (Å²) in [5, 5.41) is 7.03. The van der Waals surface area contributed by atoms with Crippen LogP contribution in [0, 0.1) is 13.8 Å². The minimum atomic E-state index is -4.48. The highest BCUT2D eigenvalue weighted by Crippen LogP contribution is 2.32. The second-order valence-corrected chi connectivity index (χ2v) is 5.65. The minimum Gasteiger partial charge on any atom is -0.323 e. The maximum Gasteiger partial charge on any atom is 0.416 e. The molecule has 2 aromatic rings. The van der Waals surface area contributed by atoms with Crippen molar-refractivity contribution in [2.24, 2.45) is 0 Å². The number of nitrogens with one attached hydrogen (secondary N) is 1. The third kappa shape index (κ3) is 3.96. The molecule has 0 aliphatic carbocycles. The molecule has 2 rings (SSSR count). The van der Waals surface area contributed by atoms with Crippen molar-refractivity contribution in [2.45, 2.75) is 46.3 Å². The first-order valence-corrected chi connectivity index (χ1v) is 7.73. The van der Waals surface area contributed by atoms with Gasteiger partial charge in [-0.1, -0.05) is 25.1 Å². The molecule has 0 atom stereocenters. The fraction of sp³-hybridized carbons (Fsp3) is 0.412. The second-order valence-electron chi connectivity index (χ2n) is 5.65. The zero-order chi connectivity index (χ0) is 17.9. The van der Waals surface area contributed by atoms with E-state index in [0.29, 0.717) is 11.4 Å². The summed E-state index contributed by atoms with van der Waals surface area (Å²) in [5.74, 6) is -0.492. The monoisotopic (exact) mass is 339 g/mol. The van der Waals surface area contributed by atoms with Gasteiger partial charge in [-0.3, -0.25) is 9.48 Å². The van der Waals surface area contributed by atoms with Crippen molar-refractivity contribution in [3.05, 3.63) is 46.8 Å². The Kier molecular flexibility index (Phi) is 5.31. The molecule has 1 aromatic carbocycles. The third-order valence-electron chi connectivity index (χ3n) is 3.76. The zero-order valence-electron chi connectivity index (χ0n) is 13.9. The molecule has 0 bridgehead atoms. The van der Waals surface area contributed by atoms with Crippen LogP contribution in [0.3, 0.4) is 0 Å². The van der Waals surface area contributed by atoms with Gasteiger partial charge < -0.3 is 5.32 Å². The summed E-state index contributed by atoms with van der Waals surface area (Å²) in [6.45, 7) is 6.33. The number of nitrogens with zero attached hydrogens (tertiary/aromatic N) is 2. The number of rotatable bonds is 5. The highest BCUT2D eigenvalue weighted by Gasteiger charge is 2.33. The molecule has 24 heavy (non-hydrogen) atoms. The lowest BCUT2D eigenvalue weighted by atomic mass is 10.0. The molecule has 0 fully saturated rings. The number of amides is 1. The smallest absolute Gasteiger partial charge is 0.323 e. The van der Waals surface area contributed by atoms with E-state index in [1.54, 1.807) is 11.6 Å². The molecule has 0 saturated carbocycles. The lowest BCUT2D eigenvalue weighted by Gasteiger charge is -2.12. The van der Waals surface area contributed by atoms with Gasteiger partial charge in [0.15, 0.2) is 0 Å². The van der Waals surface area contributed by atoms with Gasteiger partial charge in [0, 0.05) is 6.54 Å². The Morgan fingerprint density at radius 2 is 1.92 bits per heavy atom. The van der Waals surface area contributed by atoms with Gasteiger partial charge in [-0.2, -0.15) is 18.3 Å². The number of carbonyl (C=O) groups excluding carboxylic acids is 1. The van der Waals surface area contributed by atoms with E-state index in [0.717, 1.165) is 24.7 Å². The Bertz CT molecular complexity index is 735. The number of carbonyl (C=O) groups is 1. The predicted octanol–water partition coefficient (Wildman–Crippen LogP) is 4.11. The van der Waals surface area contributed by atoms with Gasteiger partial charge >= 0.3 is 6.18 Å². The number of anilines is 1. The standard InChI is InChI=1S/C17H20F3N3O/c1-4-9-23-12(3)16(11(2)22-23)21-15(24)10-13-7-5-6-8-14(13)17(18,19)20/h5-8H,4,9-10H2,1-3H3,(H,21,24). The SMILES string of the molecule is CCCn1nc(C)c(NC(=O)Cc2ccccc2C(F)(F)F)c1C. The summed E-state index contributed by atoms with van der Waals surface area (Å²) in [5.41, 5.74) is 1.19. The summed E-state index contributed by atoms with van der Waals surface area (Å²) < 4.78 is 40.8. The van der Waals surface area contributed by atoms with Crippen LogP contribution in [-0.2, 0) is 23.9 Å². The van der Waals surface area contributed by atoms with Crippen LogP contribution in [0.5, 0.6) is 0 Å². The first kappa shape index (κ1) is 18.0. The van der Waals surface area contributed by atoms with E-state index in [9.17, 15) is 18.0 Å². The van der Waals surface area contributed by atoms with Crippen molar-refractivity contribution in [1.29, 1.82) is 0 Å². The van der Waals surface area contributed by atoms with Gasteiger partial charge in [0.1, 0.15) is 0 Å². The molecule has 0 unspecified atom stereocenters. The van der Waals surface area contributed by atoms with E-state index in [4.69, 9.17) is 0 Å². The van der Waals surface area contributed by atoms with E-state index >= 15 is 0 Å². The Labute approximate surface area is 138 Å². The van der Waals surface area contributed by atoms with Gasteiger partial charge in [0.05, 0.1) is 29.1 Å². The molecule has 0 radical (unpaired) electrons. The Balaban J connectivity index is 2.18. The maximum atomic E-state index is 13.0. The van der Waals surface area contributed by atoms with Crippen LogP contribution in [-0.4, -0.2) is 15.7 Å². The number of hydrogen-bond acceptors (Lipinski definition) is 2.